The Balaban J connectivity index is 1.95. The van der Waals surface area contributed by atoms with Gasteiger partial charge in [0, 0.05) is 19.1 Å². The highest BCUT2D eigenvalue weighted by atomic mass is 32.2. The number of nitrogens with zero attached hydrogens (tertiary/aromatic N) is 5. The SMILES string of the molecule is CC(C)Cc1c(C#N)c(C(F)(F)F)c2cnc(NC3CCN(S(C)(=O)=O)CC3)nn12. The van der Waals surface area contributed by atoms with Crippen LogP contribution in [0.15, 0.2) is 6.20 Å². The minimum absolute atomic E-state index is 0.0166. The summed E-state index contributed by atoms with van der Waals surface area (Å²) in [4.78, 5) is 4.03. The van der Waals surface area contributed by atoms with Crippen LogP contribution in [0, 0.1) is 17.2 Å². The highest BCUT2D eigenvalue weighted by Crippen LogP contribution is 2.38. The summed E-state index contributed by atoms with van der Waals surface area (Å²) in [6, 6.07) is 1.58. The molecule has 1 aliphatic rings. The topological polar surface area (TPSA) is 103 Å². The number of anilines is 1. The van der Waals surface area contributed by atoms with Gasteiger partial charge in [0.1, 0.15) is 11.6 Å². The van der Waals surface area contributed by atoms with E-state index in [4.69, 9.17) is 0 Å². The third kappa shape index (κ3) is 4.52. The Morgan fingerprint density at radius 1 is 1.33 bits per heavy atom. The first kappa shape index (κ1) is 22.3. The molecule has 1 saturated heterocycles. The first-order valence-electron chi connectivity index (χ1n) is 9.51. The fraction of sp³-hybridized carbons (Fsp3) is 0.611. The van der Waals surface area contributed by atoms with Gasteiger partial charge in [-0.25, -0.2) is 22.2 Å². The minimum atomic E-state index is -4.71. The lowest BCUT2D eigenvalue weighted by atomic mass is 10.0. The Hall–Kier alpha value is -2.39. The minimum Gasteiger partial charge on any atom is -0.350 e. The van der Waals surface area contributed by atoms with Crippen LogP contribution in [0.25, 0.3) is 5.52 Å². The van der Waals surface area contributed by atoms with Crippen molar-refractivity contribution in [2.45, 2.75) is 45.3 Å². The molecule has 0 aromatic carbocycles. The number of sulfonamides is 1. The van der Waals surface area contributed by atoms with E-state index in [1.165, 1.54) is 4.31 Å². The molecule has 2 aromatic heterocycles. The summed E-state index contributed by atoms with van der Waals surface area (Å²) in [5.41, 5.74) is -1.50. The normalized spacial score (nSPS) is 16.9. The summed E-state index contributed by atoms with van der Waals surface area (Å²) >= 11 is 0. The van der Waals surface area contributed by atoms with Gasteiger partial charge in [0.25, 0.3) is 0 Å². The fourth-order valence-electron chi connectivity index (χ4n) is 3.67. The van der Waals surface area contributed by atoms with Crippen LogP contribution in [-0.4, -0.2) is 52.7 Å². The molecule has 8 nitrogen and oxygen atoms in total. The van der Waals surface area contributed by atoms with Gasteiger partial charge in [-0.1, -0.05) is 13.8 Å². The van der Waals surface area contributed by atoms with Gasteiger partial charge >= 0.3 is 6.18 Å². The zero-order valence-corrected chi connectivity index (χ0v) is 17.7. The van der Waals surface area contributed by atoms with Gasteiger partial charge in [0.2, 0.25) is 16.0 Å². The Morgan fingerprint density at radius 3 is 2.47 bits per heavy atom. The smallest absolute Gasteiger partial charge is 0.350 e. The number of hydrogen-bond donors (Lipinski definition) is 1. The number of rotatable bonds is 5. The molecule has 1 N–H and O–H groups in total. The molecule has 1 aliphatic heterocycles. The number of piperidine rings is 1. The lowest BCUT2D eigenvalue weighted by Crippen LogP contribution is -2.42. The number of nitriles is 1. The van der Waals surface area contributed by atoms with Crippen LogP contribution in [0.1, 0.15) is 43.5 Å². The van der Waals surface area contributed by atoms with Crippen molar-refractivity contribution in [2.75, 3.05) is 24.7 Å². The standard InChI is InChI=1S/C18H23F3N6O2S/c1-11(2)8-14-13(9-22)16(18(19,20)21)15-10-23-17(25-27(14)15)24-12-4-6-26(7-5-12)30(3,28)29/h10-12H,4-8H2,1-3H3,(H,24,25). The molecule has 12 heteroatoms. The second-order valence-electron chi connectivity index (χ2n) is 7.86. The van der Waals surface area contributed by atoms with Gasteiger partial charge in [-0.2, -0.15) is 18.4 Å². The molecule has 0 unspecified atom stereocenters. The van der Waals surface area contributed by atoms with E-state index in [1.54, 1.807) is 6.07 Å². The molecule has 0 amide bonds. The monoisotopic (exact) mass is 444 g/mol. The Kier molecular flexibility index (Phi) is 5.97. The molecule has 0 aliphatic carbocycles. The number of hydrogen-bond acceptors (Lipinski definition) is 6. The van der Waals surface area contributed by atoms with Crippen LogP contribution in [0.3, 0.4) is 0 Å². The number of fused-ring (bicyclic) bond motifs is 1. The molecular formula is C18H23F3N6O2S. The molecule has 0 spiro atoms. The largest absolute Gasteiger partial charge is 0.419 e. The van der Waals surface area contributed by atoms with E-state index < -0.39 is 27.3 Å². The highest BCUT2D eigenvalue weighted by molar-refractivity contribution is 7.88. The second-order valence-corrected chi connectivity index (χ2v) is 9.85. The molecule has 0 atom stereocenters. The third-order valence-corrected chi connectivity index (χ3v) is 6.34. The summed E-state index contributed by atoms with van der Waals surface area (Å²) in [5, 5.41) is 16.7. The average Bonchev–Trinajstić information content (AvgIpc) is 2.94. The number of halogens is 3. The van der Waals surface area contributed by atoms with Crippen molar-refractivity contribution in [3.05, 3.63) is 23.0 Å². The number of nitrogens with one attached hydrogen (secondary N) is 1. The zero-order chi connectivity index (χ0) is 22.3. The van der Waals surface area contributed by atoms with E-state index in [2.05, 4.69) is 15.4 Å². The quantitative estimate of drug-likeness (QED) is 0.761. The third-order valence-electron chi connectivity index (χ3n) is 5.04. The summed E-state index contributed by atoms with van der Waals surface area (Å²) in [7, 11) is -3.25. The summed E-state index contributed by atoms with van der Waals surface area (Å²) in [6.07, 6.45) is -1.17. The van der Waals surface area contributed by atoms with Gasteiger partial charge in [-0.15, -0.1) is 5.10 Å². The lowest BCUT2D eigenvalue weighted by molar-refractivity contribution is -0.136. The van der Waals surface area contributed by atoms with Gasteiger partial charge in [-0.05, 0) is 25.2 Å². The van der Waals surface area contributed by atoms with Crippen LogP contribution in [-0.2, 0) is 22.6 Å². The summed E-state index contributed by atoms with van der Waals surface area (Å²) < 4.78 is 66.7. The van der Waals surface area contributed by atoms with Gasteiger partial charge < -0.3 is 5.32 Å². The van der Waals surface area contributed by atoms with Crippen LogP contribution >= 0.6 is 0 Å². The molecule has 0 bridgehead atoms. The Bertz CT molecular complexity index is 1080. The van der Waals surface area contributed by atoms with E-state index in [9.17, 15) is 26.9 Å². The number of aromatic nitrogens is 3. The van der Waals surface area contributed by atoms with Crippen LogP contribution in [0.5, 0.6) is 0 Å². The van der Waals surface area contributed by atoms with E-state index >= 15 is 0 Å². The predicted molar refractivity (Wildman–Crippen MR) is 104 cm³/mol. The molecule has 30 heavy (non-hydrogen) atoms. The van der Waals surface area contributed by atoms with Crippen LogP contribution in [0.2, 0.25) is 0 Å². The van der Waals surface area contributed by atoms with Crippen molar-refractivity contribution in [1.29, 1.82) is 5.26 Å². The van der Waals surface area contributed by atoms with Gasteiger partial charge in [0.05, 0.1) is 29.2 Å². The molecule has 1 fully saturated rings. The van der Waals surface area contributed by atoms with E-state index in [-0.39, 0.29) is 35.5 Å². The fourth-order valence-corrected chi connectivity index (χ4v) is 4.54. The van der Waals surface area contributed by atoms with Crippen LogP contribution in [0.4, 0.5) is 19.1 Å². The Morgan fingerprint density at radius 2 is 1.97 bits per heavy atom. The van der Waals surface area contributed by atoms with Crippen molar-refractivity contribution in [3.8, 4) is 6.07 Å². The first-order chi connectivity index (χ1) is 13.9. The molecule has 164 valence electrons. The van der Waals surface area contributed by atoms with Crippen molar-refractivity contribution >= 4 is 21.5 Å². The van der Waals surface area contributed by atoms with Gasteiger partial charge in [-0.3, -0.25) is 0 Å². The molecule has 3 rings (SSSR count). The zero-order valence-electron chi connectivity index (χ0n) is 16.9. The first-order valence-corrected chi connectivity index (χ1v) is 11.4. The van der Waals surface area contributed by atoms with E-state index in [0.717, 1.165) is 17.0 Å². The van der Waals surface area contributed by atoms with Crippen molar-refractivity contribution in [3.63, 3.8) is 0 Å². The maximum atomic E-state index is 13.6. The maximum absolute atomic E-state index is 13.6. The second kappa shape index (κ2) is 8.03. The predicted octanol–water partition coefficient (Wildman–Crippen LogP) is 2.65. The van der Waals surface area contributed by atoms with Gasteiger partial charge in [0.15, 0.2) is 0 Å². The highest BCUT2D eigenvalue weighted by Gasteiger charge is 2.40. The molecular weight excluding hydrogens is 421 g/mol. The van der Waals surface area contributed by atoms with E-state index in [0.29, 0.717) is 25.9 Å². The van der Waals surface area contributed by atoms with Crippen LogP contribution < -0.4 is 5.32 Å². The lowest BCUT2D eigenvalue weighted by Gasteiger charge is -2.30. The van der Waals surface area contributed by atoms with Crippen molar-refractivity contribution in [1.82, 2.24) is 18.9 Å². The maximum Gasteiger partial charge on any atom is 0.419 e. The summed E-state index contributed by atoms with van der Waals surface area (Å²) in [5.74, 6) is 0.154. The summed E-state index contributed by atoms with van der Waals surface area (Å²) in [6.45, 7) is 4.39. The van der Waals surface area contributed by atoms with E-state index in [1.807, 2.05) is 13.8 Å². The average molecular weight is 444 g/mol. The molecule has 0 saturated carbocycles. The molecule has 0 radical (unpaired) electrons. The van der Waals surface area contributed by atoms with Crippen molar-refractivity contribution in [2.24, 2.45) is 5.92 Å². The van der Waals surface area contributed by atoms with Crippen molar-refractivity contribution < 1.29 is 21.6 Å². The molecule has 2 aromatic rings. The Labute approximate surface area is 172 Å². The molecule has 3 heterocycles. The number of alkyl halides is 3.